The molecule has 3 aromatic rings. The van der Waals surface area contributed by atoms with Crippen LogP contribution in [0.3, 0.4) is 0 Å². The summed E-state index contributed by atoms with van der Waals surface area (Å²) in [5.74, 6) is 0.194. The van der Waals surface area contributed by atoms with Gasteiger partial charge in [-0.2, -0.15) is 0 Å². The van der Waals surface area contributed by atoms with Gasteiger partial charge in [-0.15, -0.1) is 0 Å². The fourth-order valence-electron chi connectivity index (χ4n) is 2.12. The Kier molecular flexibility index (Phi) is 4.10. The van der Waals surface area contributed by atoms with Crippen LogP contribution in [0.15, 0.2) is 47.0 Å². The highest BCUT2D eigenvalue weighted by atomic mass is 127. The number of aromatic nitrogens is 1. The standard InChI is InChI=1S/C15H9Cl2IN2O/c16-9-5-3-6-10(17)12(9)13-14(20-21-15(13)19)8-4-1-2-7-11(8)18/h1-7H,19H2. The van der Waals surface area contributed by atoms with Crippen molar-refractivity contribution in [2.45, 2.75) is 0 Å². The first-order valence-electron chi connectivity index (χ1n) is 6.04. The zero-order valence-corrected chi connectivity index (χ0v) is 14.3. The first-order chi connectivity index (χ1) is 10.1. The number of benzene rings is 2. The highest BCUT2D eigenvalue weighted by Gasteiger charge is 2.22. The van der Waals surface area contributed by atoms with E-state index < -0.39 is 0 Å². The number of nitrogens with two attached hydrogens (primary N) is 1. The third-order valence-corrected chi connectivity index (χ3v) is 4.63. The molecule has 3 rings (SSSR count). The average molecular weight is 431 g/mol. The molecular formula is C15H9Cl2IN2O. The Bertz CT molecular complexity index is 797. The second kappa shape index (κ2) is 5.87. The normalized spacial score (nSPS) is 10.8. The maximum Gasteiger partial charge on any atom is 0.230 e. The number of halogens is 3. The van der Waals surface area contributed by atoms with Gasteiger partial charge in [-0.05, 0) is 40.8 Å². The molecule has 0 aliphatic rings. The summed E-state index contributed by atoms with van der Waals surface area (Å²) in [5, 5.41) is 5.09. The monoisotopic (exact) mass is 430 g/mol. The largest absolute Gasteiger partial charge is 0.367 e. The van der Waals surface area contributed by atoms with Gasteiger partial charge in [-0.3, -0.25) is 0 Å². The second-order valence-electron chi connectivity index (χ2n) is 4.35. The fourth-order valence-corrected chi connectivity index (χ4v) is 3.35. The SMILES string of the molecule is Nc1onc(-c2ccccc2I)c1-c1c(Cl)cccc1Cl. The molecule has 0 radical (unpaired) electrons. The summed E-state index contributed by atoms with van der Waals surface area (Å²) in [4.78, 5) is 0. The lowest BCUT2D eigenvalue weighted by Crippen LogP contribution is -1.91. The van der Waals surface area contributed by atoms with Crippen molar-refractivity contribution >= 4 is 51.7 Å². The number of rotatable bonds is 2. The van der Waals surface area contributed by atoms with Crippen molar-refractivity contribution in [2.75, 3.05) is 5.73 Å². The van der Waals surface area contributed by atoms with E-state index in [1.54, 1.807) is 18.2 Å². The van der Waals surface area contributed by atoms with Crippen LogP contribution in [0.2, 0.25) is 10.0 Å². The van der Waals surface area contributed by atoms with Crippen LogP contribution in [-0.4, -0.2) is 5.16 Å². The first kappa shape index (κ1) is 14.7. The minimum Gasteiger partial charge on any atom is -0.367 e. The van der Waals surface area contributed by atoms with Crippen LogP contribution < -0.4 is 5.73 Å². The van der Waals surface area contributed by atoms with Crippen molar-refractivity contribution in [1.82, 2.24) is 5.16 Å². The highest BCUT2D eigenvalue weighted by Crippen LogP contribution is 2.43. The predicted molar refractivity (Wildman–Crippen MR) is 94.5 cm³/mol. The van der Waals surface area contributed by atoms with Crippen LogP contribution >= 0.6 is 45.8 Å². The summed E-state index contributed by atoms with van der Waals surface area (Å²) < 4.78 is 6.21. The van der Waals surface area contributed by atoms with Gasteiger partial charge in [0.25, 0.3) is 0 Å². The van der Waals surface area contributed by atoms with E-state index in [-0.39, 0.29) is 5.88 Å². The molecule has 1 heterocycles. The smallest absolute Gasteiger partial charge is 0.230 e. The Hall–Kier alpha value is -1.24. The third-order valence-electron chi connectivity index (χ3n) is 3.06. The predicted octanol–water partition coefficient (Wildman–Crippen LogP) is 5.50. The van der Waals surface area contributed by atoms with Gasteiger partial charge in [0, 0.05) is 14.7 Å². The van der Waals surface area contributed by atoms with Gasteiger partial charge < -0.3 is 10.3 Å². The van der Waals surface area contributed by atoms with Gasteiger partial charge in [0.05, 0.1) is 15.6 Å². The Morgan fingerprint density at radius 1 is 0.952 bits per heavy atom. The molecule has 0 unspecified atom stereocenters. The topological polar surface area (TPSA) is 52.0 Å². The summed E-state index contributed by atoms with van der Waals surface area (Å²) >= 11 is 14.8. The molecular weight excluding hydrogens is 422 g/mol. The van der Waals surface area contributed by atoms with E-state index in [1.165, 1.54) is 0 Å². The average Bonchev–Trinajstić information content (AvgIpc) is 2.81. The quantitative estimate of drug-likeness (QED) is 0.546. The lowest BCUT2D eigenvalue weighted by molar-refractivity contribution is 0.439. The summed E-state index contributed by atoms with van der Waals surface area (Å²) in [6.45, 7) is 0. The maximum atomic E-state index is 6.28. The molecule has 0 aliphatic heterocycles. The zero-order chi connectivity index (χ0) is 15.0. The molecule has 1 aromatic heterocycles. The Labute approximate surface area is 145 Å². The van der Waals surface area contributed by atoms with Crippen LogP contribution in [-0.2, 0) is 0 Å². The molecule has 0 saturated heterocycles. The van der Waals surface area contributed by atoms with Crippen LogP contribution in [0.4, 0.5) is 5.88 Å². The van der Waals surface area contributed by atoms with E-state index in [2.05, 4.69) is 27.7 Å². The van der Waals surface area contributed by atoms with Crippen molar-refractivity contribution < 1.29 is 4.52 Å². The maximum absolute atomic E-state index is 6.28. The molecule has 0 fully saturated rings. The summed E-state index contributed by atoms with van der Waals surface area (Å²) in [6.07, 6.45) is 0. The van der Waals surface area contributed by atoms with Gasteiger partial charge in [0.1, 0.15) is 5.69 Å². The van der Waals surface area contributed by atoms with E-state index in [9.17, 15) is 0 Å². The lowest BCUT2D eigenvalue weighted by atomic mass is 10.0. The number of nitrogens with zero attached hydrogens (tertiary/aromatic N) is 1. The van der Waals surface area contributed by atoms with Crippen molar-refractivity contribution in [2.24, 2.45) is 0 Å². The summed E-state index contributed by atoms with van der Waals surface area (Å²) in [6, 6.07) is 13.1. The van der Waals surface area contributed by atoms with E-state index in [0.717, 1.165) is 9.13 Å². The van der Waals surface area contributed by atoms with Gasteiger partial charge in [0.15, 0.2) is 0 Å². The molecule has 21 heavy (non-hydrogen) atoms. The van der Waals surface area contributed by atoms with Crippen LogP contribution in [0.5, 0.6) is 0 Å². The van der Waals surface area contributed by atoms with Crippen molar-refractivity contribution in [3.63, 3.8) is 0 Å². The molecule has 2 N–H and O–H groups in total. The zero-order valence-electron chi connectivity index (χ0n) is 10.6. The molecule has 2 aromatic carbocycles. The lowest BCUT2D eigenvalue weighted by Gasteiger charge is -2.08. The fraction of sp³-hybridized carbons (Fsp3) is 0. The van der Waals surface area contributed by atoms with Crippen molar-refractivity contribution in [3.8, 4) is 22.4 Å². The van der Waals surface area contributed by atoms with E-state index >= 15 is 0 Å². The molecule has 6 heteroatoms. The van der Waals surface area contributed by atoms with Crippen molar-refractivity contribution in [3.05, 3.63) is 56.1 Å². The second-order valence-corrected chi connectivity index (χ2v) is 6.32. The number of nitrogen functional groups attached to an aromatic ring is 1. The molecule has 0 amide bonds. The third kappa shape index (κ3) is 2.63. The number of hydrogen-bond donors (Lipinski definition) is 1. The van der Waals surface area contributed by atoms with Crippen LogP contribution in [0.25, 0.3) is 22.4 Å². The molecule has 0 aliphatic carbocycles. The minimum absolute atomic E-state index is 0.194. The van der Waals surface area contributed by atoms with Crippen molar-refractivity contribution in [1.29, 1.82) is 0 Å². The molecule has 0 bridgehead atoms. The number of anilines is 1. The van der Waals surface area contributed by atoms with E-state index in [4.69, 9.17) is 33.5 Å². The minimum atomic E-state index is 0.194. The highest BCUT2D eigenvalue weighted by molar-refractivity contribution is 14.1. The molecule has 0 spiro atoms. The Morgan fingerprint density at radius 2 is 1.62 bits per heavy atom. The summed E-state index contributed by atoms with van der Waals surface area (Å²) in [7, 11) is 0. The van der Waals surface area contributed by atoms with E-state index in [1.807, 2.05) is 24.3 Å². The van der Waals surface area contributed by atoms with Gasteiger partial charge in [0.2, 0.25) is 5.88 Å². The molecule has 106 valence electrons. The molecule has 0 saturated carbocycles. The first-order valence-corrected chi connectivity index (χ1v) is 7.87. The Balaban J connectivity index is 2.31. The van der Waals surface area contributed by atoms with Gasteiger partial charge >= 0.3 is 0 Å². The van der Waals surface area contributed by atoms with Gasteiger partial charge in [-0.25, -0.2) is 0 Å². The number of hydrogen-bond acceptors (Lipinski definition) is 3. The molecule has 3 nitrogen and oxygen atoms in total. The Morgan fingerprint density at radius 3 is 2.29 bits per heavy atom. The van der Waals surface area contributed by atoms with Gasteiger partial charge in [-0.1, -0.05) is 52.6 Å². The van der Waals surface area contributed by atoms with Crippen LogP contribution in [0, 0.1) is 3.57 Å². The summed E-state index contributed by atoms with van der Waals surface area (Å²) in [5.41, 5.74) is 8.76. The van der Waals surface area contributed by atoms with E-state index in [0.29, 0.717) is 26.9 Å². The van der Waals surface area contributed by atoms with Crippen LogP contribution in [0.1, 0.15) is 0 Å². The molecule has 0 atom stereocenters.